The molecule has 1 amide bonds. The molecule has 0 unspecified atom stereocenters. The Kier molecular flexibility index (Phi) is 9.26. The molecule has 0 saturated carbocycles. The molecule has 1 N–H and O–H groups in total. The van der Waals surface area contributed by atoms with E-state index in [0.717, 1.165) is 18.6 Å². The molecule has 0 aromatic heterocycles. The van der Waals surface area contributed by atoms with Gasteiger partial charge in [0.05, 0.1) is 6.61 Å². The summed E-state index contributed by atoms with van der Waals surface area (Å²) in [6, 6.07) is 9.67. The van der Waals surface area contributed by atoms with Crippen LogP contribution in [0.5, 0.6) is 5.75 Å². The van der Waals surface area contributed by atoms with Crippen molar-refractivity contribution in [3.63, 3.8) is 0 Å². The summed E-state index contributed by atoms with van der Waals surface area (Å²) in [6.45, 7) is 2.52. The summed E-state index contributed by atoms with van der Waals surface area (Å²) in [5.41, 5.74) is 0. The van der Waals surface area contributed by atoms with Gasteiger partial charge in [0.15, 0.2) is 0 Å². The molecule has 0 fully saturated rings. The Labute approximate surface area is 120 Å². The first kappa shape index (κ1) is 16.5. The average molecular weight is 281 g/mol. The number of carbonyl (C=O) groups is 1. The molecule has 0 bridgehead atoms. The molecule has 0 heterocycles. The predicted molar refractivity (Wildman–Crippen MR) is 76.9 cm³/mol. The fourth-order valence-corrected chi connectivity index (χ4v) is 1.48. The number of rotatable bonds is 11. The maximum atomic E-state index is 10.9. The van der Waals surface area contributed by atoms with Crippen LogP contribution < -0.4 is 10.1 Å². The largest absolute Gasteiger partial charge is 0.491 e. The SMILES string of the molecule is CNC(=O)COCCCCOCCOc1ccccc1. The Hall–Kier alpha value is -1.59. The number of benzene rings is 1. The molecule has 1 aromatic rings. The lowest BCUT2D eigenvalue weighted by Crippen LogP contribution is -2.23. The van der Waals surface area contributed by atoms with Gasteiger partial charge in [0, 0.05) is 20.3 Å². The van der Waals surface area contributed by atoms with E-state index in [9.17, 15) is 4.79 Å². The van der Waals surface area contributed by atoms with E-state index in [2.05, 4.69) is 5.32 Å². The zero-order valence-electron chi connectivity index (χ0n) is 12.0. The van der Waals surface area contributed by atoms with E-state index in [1.165, 1.54) is 0 Å². The molecule has 0 aliphatic rings. The van der Waals surface area contributed by atoms with Crippen LogP contribution in [0.4, 0.5) is 0 Å². The summed E-state index contributed by atoms with van der Waals surface area (Å²) in [5, 5.41) is 2.50. The molecule has 0 aliphatic heterocycles. The van der Waals surface area contributed by atoms with E-state index in [4.69, 9.17) is 14.2 Å². The van der Waals surface area contributed by atoms with Crippen LogP contribution in [0.25, 0.3) is 0 Å². The highest BCUT2D eigenvalue weighted by molar-refractivity contribution is 5.76. The highest BCUT2D eigenvalue weighted by atomic mass is 16.5. The van der Waals surface area contributed by atoms with Crippen molar-refractivity contribution in [3.8, 4) is 5.75 Å². The van der Waals surface area contributed by atoms with Crippen LogP contribution in [0.15, 0.2) is 30.3 Å². The first-order chi connectivity index (χ1) is 9.83. The Balaban J connectivity index is 1.82. The smallest absolute Gasteiger partial charge is 0.245 e. The Bertz CT molecular complexity index is 356. The summed E-state index contributed by atoms with van der Waals surface area (Å²) in [6.07, 6.45) is 1.80. The zero-order valence-corrected chi connectivity index (χ0v) is 12.0. The van der Waals surface area contributed by atoms with Crippen molar-refractivity contribution in [1.29, 1.82) is 0 Å². The van der Waals surface area contributed by atoms with E-state index >= 15 is 0 Å². The molecule has 5 heteroatoms. The maximum absolute atomic E-state index is 10.9. The highest BCUT2D eigenvalue weighted by Crippen LogP contribution is 2.07. The summed E-state index contributed by atoms with van der Waals surface area (Å²) >= 11 is 0. The van der Waals surface area contributed by atoms with Crippen LogP contribution in [0.3, 0.4) is 0 Å². The first-order valence-corrected chi connectivity index (χ1v) is 6.87. The van der Waals surface area contributed by atoms with Crippen LogP contribution in [-0.4, -0.2) is 46.0 Å². The van der Waals surface area contributed by atoms with Crippen molar-refractivity contribution >= 4 is 5.91 Å². The van der Waals surface area contributed by atoms with Gasteiger partial charge in [-0.05, 0) is 25.0 Å². The molecule has 1 rings (SSSR count). The molecule has 112 valence electrons. The molecule has 1 aromatic carbocycles. The minimum atomic E-state index is -0.0979. The van der Waals surface area contributed by atoms with Gasteiger partial charge in [-0.3, -0.25) is 4.79 Å². The van der Waals surface area contributed by atoms with Crippen LogP contribution in [0.1, 0.15) is 12.8 Å². The monoisotopic (exact) mass is 281 g/mol. The molecule has 20 heavy (non-hydrogen) atoms. The van der Waals surface area contributed by atoms with Gasteiger partial charge in [0.1, 0.15) is 19.0 Å². The van der Waals surface area contributed by atoms with Crippen LogP contribution in [-0.2, 0) is 14.3 Å². The van der Waals surface area contributed by atoms with E-state index in [-0.39, 0.29) is 12.5 Å². The molecular weight excluding hydrogens is 258 g/mol. The normalized spacial score (nSPS) is 10.2. The number of amides is 1. The number of hydrogen-bond acceptors (Lipinski definition) is 4. The standard InChI is InChI=1S/C15H23NO4/c1-16-15(17)13-19-10-6-5-9-18-11-12-20-14-7-3-2-4-8-14/h2-4,7-8H,5-6,9-13H2,1H3,(H,16,17). The summed E-state index contributed by atoms with van der Waals surface area (Å²) in [5.74, 6) is 0.762. The number of para-hydroxylation sites is 1. The topological polar surface area (TPSA) is 56.8 Å². The predicted octanol–water partition coefficient (Wildman–Crippen LogP) is 1.62. The Morgan fingerprint density at radius 2 is 1.70 bits per heavy atom. The second-order valence-corrected chi connectivity index (χ2v) is 4.21. The fourth-order valence-electron chi connectivity index (χ4n) is 1.48. The van der Waals surface area contributed by atoms with E-state index in [1.807, 2.05) is 30.3 Å². The molecule has 0 aliphatic carbocycles. The van der Waals surface area contributed by atoms with Gasteiger partial charge in [-0.15, -0.1) is 0 Å². The molecule has 0 spiro atoms. The lowest BCUT2D eigenvalue weighted by molar-refractivity contribution is -0.125. The van der Waals surface area contributed by atoms with Gasteiger partial charge < -0.3 is 19.5 Å². The Morgan fingerprint density at radius 3 is 2.40 bits per heavy atom. The van der Waals surface area contributed by atoms with Crippen LogP contribution in [0, 0.1) is 0 Å². The van der Waals surface area contributed by atoms with Gasteiger partial charge in [-0.2, -0.15) is 0 Å². The van der Waals surface area contributed by atoms with E-state index < -0.39 is 0 Å². The van der Waals surface area contributed by atoms with E-state index in [1.54, 1.807) is 7.05 Å². The number of hydrogen-bond donors (Lipinski definition) is 1. The minimum absolute atomic E-state index is 0.0979. The average Bonchev–Trinajstić information content (AvgIpc) is 2.50. The first-order valence-electron chi connectivity index (χ1n) is 6.87. The molecule has 0 radical (unpaired) electrons. The maximum Gasteiger partial charge on any atom is 0.245 e. The lowest BCUT2D eigenvalue weighted by atomic mass is 10.3. The number of carbonyl (C=O) groups excluding carboxylic acids is 1. The lowest BCUT2D eigenvalue weighted by Gasteiger charge is -2.07. The third kappa shape index (κ3) is 8.50. The molecule has 0 atom stereocenters. The zero-order chi connectivity index (χ0) is 14.5. The number of unbranched alkanes of at least 4 members (excludes halogenated alkanes) is 1. The highest BCUT2D eigenvalue weighted by Gasteiger charge is 1.97. The van der Waals surface area contributed by atoms with Gasteiger partial charge in [0.2, 0.25) is 5.91 Å². The number of ether oxygens (including phenoxy) is 3. The minimum Gasteiger partial charge on any atom is -0.491 e. The van der Waals surface area contributed by atoms with E-state index in [0.29, 0.717) is 26.4 Å². The van der Waals surface area contributed by atoms with Crippen molar-refractivity contribution in [2.75, 3.05) is 40.1 Å². The van der Waals surface area contributed by atoms with Crippen LogP contribution in [0.2, 0.25) is 0 Å². The second-order valence-electron chi connectivity index (χ2n) is 4.21. The summed E-state index contributed by atoms with van der Waals surface area (Å²) in [4.78, 5) is 10.9. The van der Waals surface area contributed by atoms with Gasteiger partial charge in [-0.25, -0.2) is 0 Å². The molecular formula is C15H23NO4. The van der Waals surface area contributed by atoms with Crippen molar-refractivity contribution < 1.29 is 19.0 Å². The third-order valence-corrected chi connectivity index (χ3v) is 2.58. The van der Waals surface area contributed by atoms with Crippen molar-refractivity contribution in [3.05, 3.63) is 30.3 Å². The second kappa shape index (κ2) is 11.3. The van der Waals surface area contributed by atoms with Crippen molar-refractivity contribution in [2.24, 2.45) is 0 Å². The number of likely N-dealkylation sites (N-methyl/N-ethyl adjacent to an activating group) is 1. The quantitative estimate of drug-likeness (QED) is 0.626. The summed E-state index contributed by atoms with van der Waals surface area (Å²) < 4.78 is 16.1. The van der Waals surface area contributed by atoms with Crippen molar-refractivity contribution in [2.45, 2.75) is 12.8 Å². The van der Waals surface area contributed by atoms with Gasteiger partial charge in [0.25, 0.3) is 0 Å². The molecule has 5 nitrogen and oxygen atoms in total. The van der Waals surface area contributed by atoms with Gasteiger partial charge >= 0.3 is 0 Å². The fraction of sp³-hybridized carbons (Fsp3) is 0.533. The third-order valence-electron chi connectivity index (χ3n) is 2.58. The van der Waals surface area contributed by atoms with Crippen molar-refractivity contribution in [1.82, 2.24) is 5.32 Å². The van der Waals surface area contributed by atoms with Gasteiger partial charge in [-0.1, -0.05) is 18.2 Å². The molecule has 0 saturated heterocycles. The summed E-state index contributed by atoms with van der Waals surface area (Å²) in [7, 11) is 1.59. The number of nitrogens with one attached hydrogen (secondary N) is 1. The Morgan fingerprint density at radius 1 is 1.00 bits per heavy atom. The van der Waals surface area contributed by atoms with Crippen LogP contribution >= 0.6 is 0 Å².